The molecular formula is C12H15ClN2O. The van der Waals surface area contributed by atoms with E-state index >= 15 is 0 Å². The number of hydrogen-bond donors (Lipinski definition) is 1. The summed E-state index contributed by atoms with van der Waals surface area (Å²) in [5.41, 5.74) is 1.54. The molecular weight excluding hydrogens is 224 g/mol. The number of rotatable bonds is 2. The second kappa shape index (κ2) is 4.85. The lowest BCUT2D eigenvalue weighted by atomic mass is 10.1. The maximum absolute atomic E-state index is 11.3. The van der Waals surface area contributed by atoms with Gasteiger partial charge in [0, 0.05) is 31.4 Å². The van der Waals surface area contributed by atoms with Gasteiger partial charge in [0.15, 0.2) is 0 Å². The summed E-state index contributed by atoms with van der Waals surface area (Å²) >= 11 is 5.59. The Morgan fingerprint density at radius 1 is 1.50 bits per heavy atom. The van der Waals surface area contributed by atoms with E-state index in [9.17, 15) is 4.79 Å². The summed E-state index contributed by atoms with van der Waals surface area (Å²) in [6.45, 7) is 4.92. The Hall–Kier alpha value is -1.06. The molecule has 1 aromatic rings. The first-order valence-electron chi connectivity index (χ1n) is 5.46. The van der Waals surface area contributed by atoms with Gasteiger partial charge in [-0.1, -0.05) is 12.1 Å². The summed E-state index contributed by atoms with van der Waals surface area (Å²) in [6.07, 6.45) is 0. The van der Waals surface area contributed by atoms with Crippen molar-refractivity contribution < 1.29 is 4.79 Å². The van der Waals surface area contributed by atoms with Crippen LogP contribution in [-0.4, -0.2) is 30.9 Å². The van der Waals surface area contributed by atoms with Crippen LogP contribution in [-0.2, 0) is 0 Å². The molecule has 0 spiro atoms. The zero-order valence-electron chi connectivity index (χ0n) is 9.24. The first-order valence-corrected chi connectivity index (χ1v) is 5.84. The number of para-hydroxylation sites is 1. The van der Waals surface area contributed by atoms with Gasteiger partial charge in [0.2, 0.25) is 0 Å². The van der Waals surface area contributed by atoms with Gasteiger partial charge in [-0.05, 0) is 30.7 Å². The molecule has 1 aliphatic heterocycles. The van der Waals surface area contributed by atoms with E-state index in [-0.39, 0.29) is 5.24 Å². The van der Waals surface area contributed by atoms with E-state index in [4.69, 9.17) is 11.6 Å². The summed E-state index contributed by atoms with van der Waals surface area (Å²) in [7, 11) is 0. The maximum Gasteiger partial charge on any atom is 0.254 e. The van der Waals surface area contributed by atoms with Gasteiger partial charge < -0.3 is 10.2 Å². The Bertz CT molecular complexity index is 394. The third-order valence-corrected chi connectivity index (χ3v) is 3.13. The van der Waals surface area contributed by atoms with Gasteiger partial charge in [0.25, 0.3) is 5.24 Å². The molecule has 0 amide bonds. The monoisotopic (exact) mass is 238 g/mol. The van der Waals surface area contributed by atoms with Crippen molar-refractivity contribution in [2.45, 2.75) is 13.0 Å². The van der Waals surface area contributed by atoms with Crippen molar-refractivity contribution in [1.82, 2.24) is 5.32 Å². The number of hydrogen-bond acceptors (Lipinski definition) is 3. The molecule has 1 N–H and O–H groups in total. The Morgan fingerprint density at radius 2 is 2.25 bits per heavy atom. The summed E-state index contributed by atoms with van der Waals surface area (Å²) in [4.78, 5) is 13.6. The van der Waals surface area contributed by atoms with Gasteiger partial charge in [-0.3, -0.25) is 4.79 Å². The van der Waals surface area contributed by atoms with Crippen LogP contribution in [0.25, 0.3) is 0 Å². The topological polar surface area (TPSA) is 32.3 Å². The Balaban J connectivity index is 2.34. The number of carbonyl (C=O) groups excluding carboxylic acids is 1. The molecule has 1 saturated heterocycles. The highest BCUT2D eigenvalue weighted by Gasteiger charge is 2.21. The maximum atomic E-state index is 11.3. The molecule has 0 bridgehead atoms. The van der Waals surface area contributed by atoms with E-state index in [1.54, 1.807) is 6.07 Å². The van der Waals surface area contributed by atoms with Gasteiger partial charge >= 0.3 is 0 Å². The first-order chi connectivity index (χ1) is 7.70. The fraction of sp³-hybridized carbons (Fsp3) is 0.417. The average Bonchev–Trinajstić information content (AvgIpc) is 2.29. The number of anilines is 1. The van der Waals surface area contributed by atoms with Gasteiger partial charge in [-0.2, -0.15) is 0 Å². The minimum atomic E-state index is -0.388. The van der Waals surface area contributed by atoms with Crippen molar-refractivity contribution >= 4 is 22.5 Å². The molecule has 2 rings (SSSR count). The van der Waals surface area contributed by atoms with Crippen LogP contribution in [0.1, 0.15) is 17.3 Å². The van der Waals surface area contributed by atoms with E-state index in [2.05, 4.69) is 17.1 Å². The lowest BCUT2D eigenvalue weighted by Gasteiger charge is -2.36. The lowest BCUT2D eigenvalue weighted by molar-refractivity contribution is 0.108. The van der Waals surface area contributed by atoms with Crippen molar-refractivity contribution in [3.8, 4) is 0 Å². The molecule has 1 heterocycles. The quantitative estimate of drug-likeness (QED) is 0.799. The molecule has 86 valence electrons. The molecule has 1 atom stereocenters. The molecule has 1 aromatic carbocycles. The number of benzene rings is 1. The summed E-state index contributed by atoms with van der Waals surface area (Å²) in [6, 6.07) is 7.89. The standard InChI is InChI=1S/C12H15ClN2O/c1-9-8-14-6-7-15(9)11-5-3-2-4-10(11)12(13)16/h2-5,9,14H,6-8H2,1H3. The van der Waals surface area contributed by atoms with Crippen LogP contribution >= 0.6 is 11.6 Å². The number of piperazine rings is 1. The molecule has 4 heteroatoms. The smallest absolute Gasteiger partial charge is 0.254 e. The number of nitrogens with one attached hydrogen (secondary N) is 1. The molecule has 1 fully saturated rings. The van der Waals surface area contributed by atoms with Crippen LogP contribution in [0.3, 0.4) is 0 Å². The van der Waals surface area contributed by atoms with E-state index < -0.39 is 0 Å². The number of halogens is 1. The number of nitrogens with zero attached hydrogens (tertiary/aromatic N) is 1. The molecule has 0 radical (unpaired) electrons. The van der Waals surface area contributed by atoms with E-state index in [1.165, 1.54) is 0 Å². The predicted octanol–water partition coefficient (Wildman–Crippen LogP) is 1.86. The minimum Gasteiger partial charge on any atom is -0.366 e. The molecule has 1 aliphatic rings. The fourth-order valence-corrected chi connectivity index (χ4v) is 2.25. The normalized spacial score (nSPS) is 20.9. The highest BCUT2D eigenvalue weighted by Crippen LogP contribution is 2.24. The Labute approximate surface area is 100 Å². The van der Waals surface area contributed by atoms with Crippen LogP contribution in [0.5, 0.6) is 0 Å². The molecule has 3 nitrogen and oxygen atoms in total. The third-order valence-electron chi connectivity index (χ3n) is 2.93. The van der Waals surface area contributed by atoms with Crippen molar-refractivity contribution in [2.24, 2.45) is 0 Å². The van der Waals surface area contributed by atoms with Crippen molar-refractivity contribution in [1.29, 1.82) is 0 Å². The highest BCUT2D eigenvalue weighted by molar-refractivity contribution is 6.68. The van der Waals surface area contributed by atoms with Crippen molar-refractivity contribution in [3.05, 3.63) is 29.8 Å². The summed E-state index contributed by atoms with van der Waals surface area (Å²) in [5.74, 6) is 0. The molecule has 16 heavy (non-hydrogen) atoms. The summed E-state index contributed by atoms with van der Waals surface area (Å²) in [5, 5.41) is 2.94. The highest BCUT2D eigenvalue weighted by atomic mass is 35.5. The zero-order chi connectivity index (χ0) is 11.5. The molecule has 0 saturated carbocycles. The minimum absolute atomic E-state index is 0.380. The Morgan fingerprint density at radius 3 is 2.94 bits per heavy atom. The summed E-state index contributed by atoms with van der Waals surface area (Å²) < 4.78 is 0. The Kier molecular flexibility index (Phi) is 3.46. The van der Waals surface area contributed by atoms with Crippen LogP contribution < -0.4 is 10.2 Å². The van der Waals surface area contributed by atoms with E-state index in [1.807, 2.05) is 18.2 Å². The van der Waals surface area contributed by atoms with Gasteiger partial charge in [0.1, 0.15) is 0 Å². The molecule has 0 aliphatic carbocycles. The van der Waals surface area contributed by atoms with E-state index in [0.717, 1.165) is 25.3 Å². The number of carbonyl (C=O) groups is 1. The van der Waals surface area contributed by atoms with Gasteiger partial charge in [0.05, 0.1) is 5.56 Å². The third kappa shape index (κ3) is 2.20. The van der Waals surface area contributed by atoms with Gasteiger partial charge in [-0.25, -0.2) is 0 Å². The SMILES string of the molecule is CC1CNCCN1c1ccccc1C(=O)Cl. The van der Waals surface area contributed by atoms with Crippen LogP contribution in [0, 0.1) is 0 Å². The predicted molar refractivity (Wildman–Crippen MR) is 66.3 cm³/mol. The van der Waals surface area contributed by atoms with Crippen LogP contribution in [0.15, 0.2) is 24.3 Å². The molecule has 0 aromatic heterocycles. The lowest BCUT2D eigenvalue weighted by Crippen LogP contribution is -2.50. The van der Waals surface area contributed by atoms with Crippen LogP contribution in [0.4, 0.5) is 5.69 Å². The van der Waals surface area contributed by atoms with E-state index in [0.29, 0.717) is 11.6 Å². The average molecular weight is 239 g/mol. The first kappa shape index (κ1) is 11.4. The van der Waals surface area contributed by atoms with Crippen LogP contribution in [0.2, 0.25) is 0 Å². The molecule has 1 unspecified atom stereocenters. The zero-order valence-corrected chi connectivity index (χ0v) is 10.00. The van der Waals surface area contributed by atoms with Crippen molar-refractivity contribution in [3.63, 3.8) is 0 Å². The van der Waals surface area contributed by atoms with Crippen molar-refractivity contribution in [2.75, 3.05) is 24.5 Å². The van der Waals surface area contributed by atoms with Gasteiger partial charge in [-0.15, -0.1) is 0 Å². The second-order valence-electron chi connectivity index (χ2n) is 4.04. The second-order valence-corrected chi connectivity index (χ2v) is 4.38. The largest absolute Gasteiger partial charge is 0.366 e. The fourth-order valence-electron chi connectivity index (χ4n) is 2.09.